The second kappa shape index (κ2) is 5.51. The van der Waals surface area contributed by atoms with E-state index in [-0.39, 0.29) is 5.97 Å². The van der Waals surface area contributed by atoms with Gasteiger partial charge in [-0.1, -0.05) is 6.92 Å². The van der Waals surface area contributed by atoms with Gasteiger partial charge in [0, 0.05) is 12.7 Å². The van der Waals surface area contributed by atoms with Crippen molar-refractivity contribution in [2.24, 2.45) is 23.2 Å². The number of hydrogen-bond donors (Lipinski definition) is 1. The molecule has 1 heterocycles. The molecule has 1 N–H and O–H groups in total. The van der Waals surface area contributed by atoms with E-state index in [1.54, 1.807) is 6.08 Å². The molecular formula is C17H26O3. The molecule has 2 fully saturated rings. The average Bonchev–Trinajstić information content (AvgIpc) is 2.89. The molecule has 0 radical (unpaired) electrons. The van der Waals surface area contributed by atoms with Crippen LogP contribution < -0.4 is 0 Å². The number of aliphatic hydroxyl groups is 1. The van der Waals surface area contributed by atoms with Gasteiger partial charge in [-0.15, -0.1) is 0 Å². The first kappa shape index (κ1) is 14.1. The Balaban J connectivity index is 1.63. The highest BCUT2D eigenvalue weighted by Gasteiger charge is 2.44. The van der Waals surface area contributed by atoms with Gasteiger partial charge in [0.25, 0.3) is 0 Å². The molecule has 0 saturated heterocycles. The average molecular weight is 278 g/mol. The molecule has 3 rings (SSSR count). The highest BCUT2D eigenvalue weighted by Crippen LogP contribution is 2.54. The van der Waals surface area contributed by atoms with Crippen LogP contribution in [0, 0.1) is 23.2 Å². The molecule has 0 aromatic heterocycles. The topological polar surface area (TPSA) is 46.5 Å². The van der Waals surface area contributed by atoms with Gasteiger partial charge in [-0.2, -0.15) is 0 Å². The maximum atomic E-state index is 11.2. The Morgan fingerprint density at radius 3 is 2.55 bits per heavy atom. The summed E-state index contributed by atoms with van der Waals surface area (Å²) >= 11 is 0. The van der Waals surface area contributed by atoms with Crippen molar-refractivity contribution in [3.05, 3.63) is 11.6 Å². The lowest BCUT2D eigenvalue weighted by Gasteiger charge is -2.49. The molecule has 2 aliphatic carbocycles. The van der Waals surface area contributed by atoms with E-state index in [0.29, 0.717) is 30.5 Å². The first-order chi connectivity index (χ1) is 9.63. The van der Waals surface area contributed by atoms with Crippen LogP contribution >= 0.6 is 0 Å². The predicted octanol–water partition coefficient (Wildman–Crippen LogP) is 3.07. The van der Waals surface area contributed by atoms with Gasteiger partial charge in [-0.05, 0) is 73.7 Å². The van der Waals surface area contributed by atoms with Gasteiger partial charge in [-0.3, -0.25) is 0 Å². The molecule has 1 aliphatic heterocycles. The molecule has 2 saturated carbocycles. The highest BCUT2D eigenvalue weighted by molar-refractivity contribution is 5.85. The zero-order valence-electron chi connectivity index (χ0n) is 12.4. The molecule has 0 amide bonds. The normalized spacial score (nSPS) is 41.6. The SMILES string of the molecule is CC1CC(C2=CC(=O)OC2)CCC12CCC(CO)CC2. The van der Waals surface area contributed by atoms with Crippen molar-refractivity contribution in [2.75, 3.05) is 13.2 Å². The first-order valence-corrected chi connectivity index (χ1v) is 8.11. The van der Waals surface area contributed by atoms with E-state index in [1.807, 2.05) is 0 Å². The number of hydrogen-bond acceptors (Lipinski definition) is 3. The standard InChI is InChI=1S/C17H26O3/c1-12-8-14(15-9-16(19)20-11-15)4-7-17(12)5-2-13(10-18)3-6-17/h9,12-14,18H,2-8,10-11H2,1H3. The molecule has 2 atom stereocenters. The Morgan fingerprint density at radius 1 is 1.30 bits per heavy atom. The Bertz CT molecular complexity index is 404. The number of carbonyl (C=O) groups is 1. The van der Waals surface area contributed by atoms with E-state index in [9.17, 15) is 9.90 Å². The monoisotopic (exact) mass is 278 g/mol. The Hall–Kier alpha value is -0.830. The molecule has 1 spiro atoms. The van der Waals surface area contributed by atoms with Gasteiger partial charge in [0.05, 0.1) is 0 Å². The van der Waals surface area contributed by atoms with E-state index < -0.39 is 0 Å². The van der Waals surface area contributed by atoms with Crippen molar-refractivity contribution in [3.8, 4) is 0 Å². The van der Waals surface area contributed by atoms with Crippen LogP contribution in [-0.4, -0.2) is 24.3 Å². The van der Waals surface area contributed by atoms with Crippen LogP contribution in [0.15, 0.2) is 11.6 Å². The Labute approximate surface area is 121 Å². The molecule has 0 aromatic rings. The number of rotatable bonds is 2. The van der Waals surface area contributed by atoms with Gasteiger partial charge < -0.3 is 9.84 Å². The van der Waals surface area contributed by atoms with Crippen molar-refractivity contribution in [2.45, 2.75) is 51.9 Å². The minimum absolute atomic E-state index is 0.156. The van der Waals surface area contributed by atoms with Crippen LogP contribution in [0.2, 0.25) is 0 Å². The molecular weight excluding hydrogens is 252 g/mol. The number of aliphatic hydroxyl groups excluding tert-OH is 1. The highest BCUT2D eigenvalue weighted by atomic mass is 16.5. The summed E-state index contributed by atoms with van der Waals surface area (Å²) in [4.78, 5) is 11.2. The number of carbonyl (C=O) groups excluding carboxylic acids is 1. The third-order valence-corrected chi connectivity index (χ3v) is 6.24. The Morgan fingerprint density at radius 2 is 2.00 bits per heavy atom. The van der Waals surface area contributed by atoms with Crippen molar-refractivity contribution in [1.82, 2.24) is 0 Å². The molecule has 112 valence electrons. The maximum Gasteiger partial charge on any atom is 0.331 e. The lowest BCUT2D eigenvalue weighted by Crippen LogP contribution is -2.39. The second-order valence-corrected chi connectivity index (χ2v) is 7.19. The van der Waals surface area contributed by atoms with Gasteiger partial charge in [0.15, 0.2) is 0 Å². The molecule has 3 aliphatic rings. The molecule has 0 bridgehead atoms. The minimum atomic E-state index is -0.156. The largest absolute Gasteiger partial charge is 0.458 e. The van der Waals surface area contributed by atoms with Crippen LogP contribution in [-0.2, 0) is 9.53 Å². The molecule has 3 nitrogen and oxygen atoms in total. The van der Waals surface area contributed by atoms with Crippen LogP contribution in [0.4, 0.5) is 0 Å². The van der Waals surface area contributed by atoms with Crippen LogP contribution in [0.3, 0.4) is 0 Å². The second-order valence-electron chi connectivity index (χ2n) is 7.19. The van der Waals surface area contributed by atoms with Gasteiger partial charge in [0.2, 0.25) is 0 Å². The summed E-state index contributed by atoms with van der Waals surface area (Å²) in [5.41, 5.74) is 1.73. The van der Waals surface area contributed by atoms with Crippen LogP contribution in [0.1, 0.15) is 51.9 Å². The predicted molar refractivity (Wildman–Crippen MR) is 77.0 cm³/mol. The van der Waals surface area contributed by atoms with Gasteiger partial charge in [0.1, 0.15) is 6.61 Å². The van der Waals surface area contributed by atoms with E-state index in [2.05, 4.69) is 6.92 Å². The van der Waals surface area contributed by atoms with Crippen molar-refractivity contribution in [3.63, 3.8) is 0 Å². The number of cyclic esters (lactones) is 1. The summed E-state index contributed by atoms with van der Waals surface area (Å²) in [5.74, 6) is 1.65. The fraction of sp³-hybridized carbons (Fsp3) is 0.824. The third kappa shape index (κ3) is 2.52. The molecule has 20 heavy (non-hydrogen) atoms. The first-order valence-electron chi connectivity index (χ1n) is 8.11. The minimum Gasteiger partial charge on any atom is -0.458 e. The van der Waals surface area contributed by atoms with Crippen molar-refractivity contribution in [1.29, 1.82) is 0 Å². The zero-order chi connectivity index (χ0) is 14.2. The van der Waals surface area contributed by atoms with Crippen LogP contribution in [0.5, 0.6) is 0 Å². The summed E-state index contributed by atoms with van der Waals surface area (Å²) in [6.07, 6.45) is 10.3. The molecule has 0 aromatic carbocycles. The van der Waals surface area contributed by atoms with Crippen molar-refractivity contribution < 1.29 is 14.6 Å². The van der Waals surface area contributed by atoms with E-state index in [1.165, 1.54) is 50.5 Å². The quantitative estimate of drug-likeness (QED) is 0.790. The molecule has 2 unspecified atom stereocenters. The van der Waals surface area contributed by atoms with E-state index >= 15 is 0 Å². The smallest absolute Gasteiger partial charge is 0.331 e. The summed E-state index contributed by atoms with van der Waals surface area (Å²) in [5, 5.41) is 9.30. The van der Waals surface area contributed by atoms with Gasteiger partial charge >= 0.3 is 5.97 Å². The summed E-state index contributed by atoms with van der Waals surface area (Å²) in [7, 11) is 0. The van der Waals surface area contributed by atoms with Gasteiger partial charge in [-0.25, -0.2) is 4.79 Å². The lowest BCUT2D eigenvalue weighted by molar-refractivity contribution is -0.135. The molecule has 3 heteroatoms. The summed E-state index contributed by atoms with van der Waals surface area (Å²) in [6, 6.07) is 0. The van der Waals surface area contributed by atoms with E-state index in [0.717, 1.165) is 5.92 Å². The fourth-order valence-electron chi connectivity index (χ4n) is 4.64. The number of ether oxygens (including phenoxy) is 1. The zero-order valence-corrected chi connectivity index (χ0v) is 12.4. The summed E-state index contributed by atoms with van der Waals surface area (Å²) < 4.78 is 5.06. The maximum absolute atomic E-state index is 11.2. The number of esters is 1. The van der Waals surface area contributed by atoms with E-state index in [4.69, 9.17) is 4.74 Å². The van der Waals surface area contributed by atoms with Crippen molar-refractivity contribution >= 4 is 5.97 Å². The Kier molecular flexibility index (Phi) is 3.89. The summed E-state index contributed by atoms with van der Waals surface area (Å²) in [6.45, 7) is 3.28. The lowest BCUT2D eigenvalue weighted by atomic mass is 9.56. The fourth-order valence-corrected chi connectivity index (χ4v) is 4.64. The third-order valence-electron chi connectivity index (χ3n) is 6.24. The van der Waals surface area contributed by atoms with Crippen LogP contribution in [0.25, 0.3) is 0 Å².